The molecule has 3 heteroatoms. The highest BCUT2D eigenvalue weighted by Crippen LogP contribution is 2.30. The second kappa shape index (κ2) is 5.45. The summed E-state index contributed by atoms with van der Waals surface area (Å²) in [5.74, 6) is 1.04. The molecule has 3 nitrogen and oxygen atoms in total. The fraction of sp³-hybridized carbons (Fsp3) is 0.733. The van der Waals surface area contributed by atoms with Gasteiger partial charge in [-0.05, 0) is 44.8 Å². The van der Waals surface area contributed by atoms with E-state index in [0.717, 1.165) is 25.4 Å². The van der Waals surface area contributed by atoms with Crippen molar-refractivity contribution in [3.8, 4) is 0 Å². The molecular weight excluding hydrogens is 224 g/mol. The summed E-state index contributed by atoms with van der Waals surface area (Å²) in [5, 5.41) is 3.67. The number of rotatable bonds is 4. The van der Waals surface area contributed by atoms with Gasteiger partial charge in [0.2, 0.25) is 0 Å². The van der Waals surface area contributed by atoms with Crippen LogP contribution in [0, 0.1) is 12.3 Å². The van der Waals surface area contributed by atoms with Gasteiger partial charge in [-0.25, -0.2) is 0 Å². The molecule has 2 rings (SSSR count). The summed E-state index contributed by atoms with van der Waals surface area (Å²) in [4.78, 5) is 2.39. The molecule has 1 saturated heterocycles. The highest BCUT2D eigenvalue weighted by Gasteiger charge is 2.32. The smallest absolute Gasteiger partial charge is 0.105 e. The van der Waals surface area contributed by atoms with Crippen LogP contribution in [0.2, 0.25) is 0 Å². The largest absolute Gasteiger partial charge is 0.469 e. The number of likely N-dealkylation sites (N-methyl/N-ethyl adjacent to an activating group) is 1. The quantitative estimate of drug-likeness (QED) is 0.890. The maximum Gasteiger partial charge on any atom is 0.105 e. The monoisotopic (exact) mass is 250 g/mol. The van der Waals surface area contributed by atoms with Crippen LogP contribution in [0.15, 0.2) is 16.7 Å². The molecule has 0 saturated carbocycles. The van der Waals surface area contributed by atoms with Crippen molar-refractivity contribution in [3.05, 3.63) is 23.7 Å². The van der Waals surface area contributed by atoms with Gasteiger partial charge in [-0.1, -0.05) is 13.8 Å². The summed E-state index contributed by atoms with van der Waals surface area (Å²) in [6.45, 7) is 10.0. The molecule has 18 heavy (non-hydrogen) atoms. The van der Waals surface area contributed by atoms with E-state index in [4.69, 9.17) is 4.42 Å². The zero-order valence-electron chi connectivity index (χ0n) is 12.1. The second-order valence-electron chi connectivity index (χ2n) is 6.30. The van der Waals surface area contributed by atoms with E-state index in [2.05, 4.69) is 37.2 Å². The Hall–Kier alpha value is -0.800. The van der Waals surface area contributed by atoms with Gasteiger partial charge < -0.3 is 14.6 Å². The average Bonchev–Trinajstić information content (AvgIpc) is 2.67. The predicted octanol–water partition coefficient (Wildman–Crippen LogP) is 2.80. The Labute approximate surface area is 111 Å². The van der Waals surface area contributed by atoms with Gasteiger partial charge in [-0.15, -0.1) is 0 Å². The Morgan fingerprint density at radius 1 is 1.50 bits per heavy atom. The maximum atomic E-state index is 5.35. The molecule has 1 aliphatic heterocycles. The molecule has 1 fully saturated rings. The van der Waals surface area contributed by atoms with Crippen molar-refractivity contribution in [2.24, 2.45) is 5.41 Å². The highest BCUT2D eigenvalue weighted by molar-refractivity contribution is 5.15. The maximum absolute atomic E-state index is 5.35. The second-order valence-corrected chi connectivity index (χ2v) is 6.30. The van der Waals surface area contributed by atoms with Gasteiger partial charge in [0, 0.05) is 24.7 Å². The first kappa shape index (κ1) is 13.6. The molecule has 0 spiro atoms. The normalized spacial score (nSPS) is 23.5. The van der Waals surface area contributed by atoms with E-state index in [1.807, 2.05) is 6.92 Å². The SMILES string of the molecule is Cc1occc1CN(C)CC1NCCCC1(C)C. The first-order valence-corrected chi connectivity index (χ1v) is 6.94. The van der Waals surface area contributed by atoms with E-state index in [1.54, 1.807) is 6.26 Å². The van der Waals surface area contributed by atoms with Gasteiger partial charge in [-0.3, -0.25) is 0 Å². The van der Waals surface area contributed by atoms with Crippen molar-refractivity contribution in [1.29, 1.82) is 0 Å². The van der Waals surface area contributed by atoms with Crippen LogP contribution in [0.1, 0.15) is 38.0 Å². The number of hydrogen-bond donors (Lipinski definition) is 1. The number of piperidine rings is 1. The lowest BCUT2D eigenvalue weighted by Crippen LogP contribution is -2.52. The summed E-state index contributed by atoms with van der Waals surface area (Å²) >= 11 is 0. The van der Waals surface area contributed by atoms with Crippen molar-refractivity contribution in [3.63, 3.8) is 0 Å². The van der Waals surface area contributed by atoms with Gasteiger partial charge in [0.25, 0.3) is 0 Å². The van der Waals surface area contributed by atoms with Crippen molar-refractivity contribution in [1.82, 2.24) is 10.2 Å². The molecule has 1 N–H and O–H groups in total. The summed E-state index contributed by atoms with van der Waals surface area (Å²) in [7, 11) is 2.19. The molecule has 0 aliphatic carbocycles. The number of aryl methyl sites for hydroxylation is 1. The molecule has 0 amide bonds. The summed E-state index contributed by atoms with van der Waals surface area (Å²) in [6.07, 6.45) is 4.40. The fourth-order valence-corrected chi connectivity index (χ4v) is 2.82. The minimum atomic E-state index is 0.401. The lowest BCUT2D eigenvalue weighted by atomic mass is 9.77. The van der Waals surface area contributed by atoms with Crippen LogP contribution in [-0.2, 0) is 6.54 Å². The van der Waals surface area contributed by atoms with Crippen molar-refractivity contribution < 1.29 is 4.42 Å². The van der Waals surface area contributed by atoms with Crippen molar-refractivity contribution in [2.75, 3.05) is 20.1 Å². The van der Waals surface area contributed by atoms with Gasteiger partial charge in [0.1, 0.15) is 5.76 Å². The number of nitrogens with zero attached hydrogens (tertiary/aromatic N) is 1. The van der Waals surface area contributed by atoms with Crippen LogP contribution in [0.25, 0.3) is 0 Å². The third kappa shape index (κ3) is 3.15. The summed E-state index contributed by atoms with van der Waals surface area (Å²) in [5.41, 5.74) is 1.70. The van der Waals surface area contributed by atoms with Crippen LogP contribution >= 0.6 is 0 Å². The molecule has 0 bridgehead atoms. The average molecular weight is 250 g/mol. The van der Waals surface area contributed by atoms with Gasteiger partial charge in [0.15, 0.2) is 0 Å². The highest BCUT2D eigenvalue weighted by atomic mass is 16.3. The van der Waals surface area contributed by atoms with Crippen LogP contribution in [-0.4, -0.2) is 31.1 Å². The van der Waals surface area contributed by atoms with E-state index < -0.39 is 0 Å². The van der Waals surface area contributed by atoms with Gasteiger partial charge in [-0.2, -0.15) is 0 Å². The topological polar surface area (TPSA) is 28.4 Å². The summed E-state index contributed by atoms with van der Waals surface area (Å²) in [6, 6.07) is 2.66. The summed E-state index contributed by atoms with van der Waals surface area (Å²) < 4.78 is 5.35. The lowest BCUT2D eigenvalue weighted by molar-refractivity contribution is 0.135. The molecule has 1 aliphatic rings. The molecule has 1 atom stereocenters. The Balaban J connectivity index is 1.90. The zero-order chi connectivity index (χ0) is 13.2. The van der Waals surface area contributed by atoms with Crippen LogP contribution < -0.4 is 5.32 Å². The fourth-order valence-electron chi connectivity index (χ4n) is 2.82. The third-order valence-corrected chi connectivity index (χ3v) is 4.23. The van der Waals surface area contributed by atoms with Crippen molar-refractivity contribution >= 4 is 0 Å². The Kier molecular flexibility index (Phi) is 4.13. The molecule has 0 aromatic carbocycles. The number of hydrogen-bond acceptors (Lipinski definition) is 3. The van der Waals surface area contributed by atoms with Gasteiger partial charge >= 0.3 is 0 Å². The van der Waals surface area contributed by atoms with E-state index in [9.17, 15) is 0 Å². The van der Waals surface area contributed by atoms with Crippen LogP contribution in [0.3, 0.4) is 0 Å². The first-order chi connectivity index (χ1) is 8.49. The minimum absolute atomic E-state index is 0.401. The van der Waals surface area contributed by atoms with Crippen molar-refractivity contribution in [2.45, 2.75) is 46.2 Å². The molecule has 102 valence electrons. The Morgan fingerprint density at radius 3 is 2.89 bits per heavy atom. The Morgan fingerprint density at radius 2 is 2.28 bits per heavy atom. The number of nitrogens with one attached hydrogen (secondary N) is 1. The Bertz CT molecular complexity index is 384. The molecular formula is C15H26N2O. The minimum Gasteiger partial charge on any atom is -0.469 e. The van der Waals surface area contributed by atoms with E-state index in [1.165, 1.54) is 18.4 Å². The molecule has 0 radical (unpaired) electrons. The zero-order valence-corrected chi connectivity index (χ0v) is 12.1. The van der Waals surface area contributed by atoms with Gasteiger partial charge in [0.05, 0.1) is 6.26 Å². The number of furan rings is 1. The standard InChI is InChI=1S/C15H26N2O/c1-12-13(6-9-18-12)10-17(4)11-14-15(2,3)7-5-8-16-14/h6,9,14,16H,5,7-8,10-11H2,1-4H3. The predicted molar refractivity (Wildman–Crippen MR) is 74.6 cm³/mol. The molecule has 1 aromatic rings. The van der Waals surface area contributed by atoms with Crippen LogP contribution in [0.5, 0.6) is 0 Å². The third-order valence-electron chi connectivity index (χ3n) is 4.23. The lowest BCUT2D eigenvalue weighted by Gasteiger charge is -2.41. The van der Waals surface area contributed by atoms with Crippen LogP contribution in [0.4, 0.5) is 0 Å². The van der Waals surface area contributed by atoms with E-state index in [-0.39, 0.29) is 0 Å². The molecule has 1 aromatic heterocycles. The van der Waals surface area contributed by atoms with E-state index in [0.29, 0.717) is 11.5 Å². The molecule has 2 heterocycles. The molecule has 1 unspecified atom stereocenters. The first-order valence-electron chi connectivity index (χ1n) is 6.94. The van der Waals surface area contributed by atoms with E-state index >= 15 is 0 Å².